The lowest BCUT2D eigenvalue weighted by Gasteiger charge is -2.09. The normalized spacial score (nSPS) is 11.0. The number of aryl methyl sites for hydroxylation is 2. The topological polar surface area (TPSA) is 98.8 Å². The SMILES string of the molecule is Cc1[nH]c2c(F)ccc(C)c2c1CCNc1cc(Nc2cc(O)ccn2)ncn1. The highest BCUT2D eigenvalue weighted by Crippen LogP contribution is 2.28. The van der Waals surface area contributed by atoms with E-state index in [1.165, 1.54) is 30.7 Å². The average Bonchev–Trinajstić information content (AvgIpc) is 3.03. The molecule has 0 saturated heterocycles. The monoisotopic (exact) mass is 392 g/mol. The molecule has 0 fully saturated rings. The van der Waals surface area contributed by atoms with E-state index in [1.54, 1.807) is 12.1 Å². The van der Waals surface area contributed by atoms with Crippen LogP contribution in [-0.4, -0.2) is 31.6 Å². The van der Waals surface area contributed by atoms with E-state index in [0.29, 0.717) is 29.5 Å². The average molecular weight is 392 g/mol. The number of hydrogen-bond acceptors (Lipinski definition) is 6. The molecule has 0 aliphatic heterocycles. The van der Waals surface area contributed by atoms with Crippen molar-refractivity contribution in [2.75, 3.05) is 17.2 Å². The van der Waals surface area contributed by atoms with Crippen LogP contribution in [0.2, 0.25) is 0 Å². The number of benzene rings is 1. The second-order valence-corrected chi connectivity index (χ2v) is 6.83. The number of aromatic amines is 1. The summed E-state index contributed by atoms with van der Waals surface area (Å²) in [5.74, 6) is 1.59. The number of nitrogens with one attached hydrogen (secondary N) is 3. The Morgan fingerprint density at radius 2 is 1.83 bits per heavy atom. The van der Waals surface area contributed by atoms with Crippen LogP contribution in [0.15, 0.2) is 42.9 Å². The molecule has 4 rings (SSSR count). The van der Waals surface area contributed by atoms with E-state index in [-0.39, 0.29) is 11.6 Å². The molecule has 1 aromatic carbocycles. The van der Waals surface area contributed by atoms with Gasteiger partial charge in [0.15, 0.2) is 0 Å². The zero-order valence-electron chi connectivity index (χ0n) is 16.1. The Bertz CT molecular complexity index is 1170. The Labute approximate surface area is 167 Å². The van der Waals surface area contributed by atoms with Crippen molar-refractivity contribution >= 4 is 28.4 Å². The van der Waals surface area contributed by atoms with Crippen LogP contribution in [0.5, 0.6) is 5.75 Å². The molecule has 3 aromatic heterocycles. The summed E-state index contributed by atoms with van der Waals surface area (Å²) in [6, 6.07) is 8.07. The van der Waals surface area contributed by atoms with Crippen molar-refractivity contribution in [2.24, 2.45) is 0 Å². The molecule has 4 aromatic rings. The first-order valence-electron chi connectivity index (χ1n) is 9.25. The summed E-state index contributed by atoms with van der Waals surface area (Å²) < 4.78 is 14.1. The van der Waals surface area contributed by atoms with Gasteiger partial charge in [-0.2, -0.15) is 0 Å². The van der Waals surface area contributed by atoms with Crippen molar-refractivity contribution in [1.82, 2.24) is 19.9 Å². The molecule has 0 radical (unpaired) electrons. The van der Waals surface area contributed by atoms with Crippen LogP contribution >= 0.6 is 0 Å². The van der Waals surface area contributed by atoms with E-state index in [0.717, 1.165) is 28.6 Å². The molecule has 0 aliphatic rings. The maximum absolute atomic E-state index is 14.1. The van der Waals surface area contributed by atoms with Gasteiger partial charge in [0.1, 0.15) is 35.3 Å². The van der Waals surface area contributed by atoms with Gasteiger partial charge in [-0.3, -0.25) is 0 Å². The lowest BCUT2D eigenvalue weighted by Crippen LogP contribution is -2.08. The van der Waals surface area contributed by atoms with Crippen molar-refractivity contribution in [3.8, 4) is 5.75 Å². The number of halogens is 1. The number of rotatable bonds is 6. The molecule has 0 atom stereocenters. The summed E-state index contributed by atoms with van der Waals surface area (Å²) in [7, 11) is 0. The van der Waals surface area contributed by atoms with Crippen LogP contribution in [0.25, 0.3) is 10.9 Å². The Morgan fingerprint density at radius 1 is 1.03 bits per heavy atom. The Balaban J connectivity index is 1.46. The van der Waals surface area contributed by atoms with Crippen molar-refractivity contribution in [3.63, 3.8) is 0 Å². The largest absolute Gasteiger partial charge is 0.508 e. The summed E-state index contributed by atoms with van der Waals surface area (Å²) in [5, 5.41) is 16.8. The molecule has 3 heterocycles. The lowest BCUT2D eigenvalue weighted by atomic mass is 10.0. The second-order valence-electron chi connectivity index (χ2n) is 6.83. The smallest absolute Gasteiger partial charge is 0.147 e. The van der Waals surface area contributed by atoms with Gasteiger partial charge < -0.3 is 20.7 Å². The van der Waals surface area contributed by atoms with Gasteiger partial charge in [-0.05, 0) is 43.5 Å². The summed E-state index contributed by atoms with van der Waals surface area (Å²) >= 11 is 0. The van der Waals surface area contributed by atoms with Crippen LogP contribution in [-0.2, 0) is 6.42 Å². The minimum Gasteiger partial charge on any atom is -0.508 e. The molecule has 0 saturated carbocycles. The molecular formula is C21H21FN6O. The number of aromatic nitrogens is 4. The zero-order chi connectivity index (χ0) is 20.4. The van der Waals surface area contributed by atoms with E-state index in [2.05, 4.69) is 30.6 Å². The minimum atomic E-state index is -0.236. The number of H-pyrrole nitrogens is 1. The van der Waals surface area contributed by atoms with Crippen LogP contribution in [0.4, 0.5) is 21.8 Å². The first-order valence-corrected chi connectivity index (χ1v) is 9.25. The van der Waals surface area contributed by atoms with Crippen molar-refractivity contribution in [3.05, 3.63) is 65.5 Å². The van der Waals surface area contributed by atoms with Gasteiger partial charge in [0.05, 0.1) is 5.52 Å². The van der Waals surface area contributed by atoms with Crippen molar-refractivity contribution < 1.29 is 9.50 Å². The van der Waals surface area contributed by atoms with E-state index < -0.39 is 0 Å². The maximum Gasteiger partial charge on any atom is 0.147 e. The Hall–Kier alpha value is -3.68. The first-order chi connectivity index (χ1) is 14.0. The maximum atomic E-state index is 14.1. The molecule has 0 amide bonds. The number of pyridine rings is 1. The summed E-state index contributed by atoms with van der Waals surface area (Å²) in [6.45, 7) is 4.58. The fourth-order valence-electron chi connectivity index (χ4n) is 3.41. The summed E-state index contributed by atoms with van der Waals surface area (Å²) in [4.78, 5) is 15.7. The van der Waals surface area contributed by atoms with Gasteiger partial charge >= 0.3 is 0 Å². The number of nitrogens with zero attached hydrogens (tertiary/aromatic N) is 3. The van der Waals surface area contributed by atoms with Gasteiger partial charge in [0.25, 0.3) is 0 Å². The number of anilines is 3. The molecule has 0 bridgehead atoms. The molecule has 0 aliphatic carbocycles. The van der Waals surface area contributed by atoms with E-state index >= 15 is 0 Å². The lowest BCUT2D eigenvalue weighted by molar-refractivity contribution is 0.475. The molecule has 0 unspecified atom stereocenters. The van der Waals surface area contributed by atoms with Crippen molar-refractivity contribution in [1.29, 1.82) is 0 Å². The van der Waals surface area contributed by atoms with Gasteiger partial charge in [-0.1, -0.05) is 6.07 Å². The molecule has 8 heteroatoms. The zero-order valence-corrected chi connectivity index (χ0v) is 16.1. The van der Waals surface area contributed by atoms with Gasteiger partial charge in [-0.25, -0.2) is 19.3 Å². The standard InChI is InChI=1S/C21H21FN6O/c1-12-3-4-16(22)21-20(12)15(13(2)27-21)6-8-23-17-10-19(26-11-25-17)28-18-9-14(29)5-7-24-18/h3-5,7,9-11,27H,6,8H2,1-2H3,(H3,23,24,25,26,28,29). The van der Waals surface area contributed by atoms with Gasteiger partial charge in [-0.15, -0.1) is 0 Å². The highest BCUT2D eigenvalue weighted by molar-refractivity contribution is 5.88. The van der Waals surface area contributed by atoms with Crippen LogP contribution < -0.4 is 10.6 Å². The Morgan fingerprint density at radius 3 is 2.66 bits per heavy atom. The minimum absolute atomic E-state index is 0.121. The quantitative estimate of drug-likeness (QED) is 0.392. The van der Waals surface area contributed by atoms with E-state index in [1.807, 2.05) is 13.8 Å². The molecule has 7 nitrogen and oxygen atoms in total. The fraction of sp³-hybridized carbons (Fsp3) is 0.190. The molecular weight excluding hydrogens is 371 g/mol. The van der Waals surface area contributed by atoms with Gasteiger partial charge in [0.2, 0.25) is 0 Å². The highest BCUT2D eigenvalue weighted by Gasteiger charge is 2.13. The third-order valence-electron chi connectivity index (χ3n) is 4.78. The predicted molar refractivity (Wildman–Crippen MR) is 111 cm³/mol. The molecule has 4 N–H and O–H groups in total. The highest BCUT2D eigenvalue weighted by atomic mass is 19.1. The van der Waals surface area contributed by atoms with E-state index in [4.69, 9.17) is 0 Å². The van der Waals surface area contributed by atoms with Crippen LogP contribution in [0.1, 0.15) is 16.8 Å². The van der Waals surface area contributed by atoms with Crippen LogP contribution in [0.3, 0.4) is 0 Å². The Kier molecular flexibility index (Phi) is 4.99. The predicted octanol–water partition coefficient (Wildman–Crippen LogP) is 4.21. The molecule has 0 spiro atoms. The van der Waals surface area contributed by atoms with E-state index in [9.17, 15) is 9.50 Å². The van der Waals surface area contributed by atoms with Crippen LogP contribution in [0, 0.1) is 19.7 Å². The third-order valence-corrected chi connectivity index (χ3v) is 4.78. The van der Waals surface area contributed by atoms with Gasteiger partial charge in [0, 0.05) is 36.0 Å². The number of hydrogen-bond donors (Lipinski definition) is 4. The summed E-state index contributed by atoms with van der Waals surface area (Å²) in [5.41, 5.74) is 3.67. The number of fused-ring (bicyclic) bond motifs is 1. The number of aromatic hydroxyl groups is 1. The second kappa shape index (κ2) is 7.75. The fourth-order valence-corrected chi connectivity index (χ4v) is 3.41. The first kappa shape index (κ1) is 18.7. The van der Waals surface area contributed by atoms with Crippen molar-refractivity contribution in [2.45, 2.75) is 20.3 Å². The molecule has 148 valence electrons. The third kappa shape index (κ3) is 3.96. The molecule has 29 heavy (non-hydrogen) atoms. The summed E-state index contributed by atoms with van der Waals surface area (Å²) in [6.07, 6.45) is 3.67.